The van der Waals surface area contributed by atoms with Gasteiger partial charge in [0, 0.05) is 19.0 Å². The van der Waals surface area contributed by atoms with E-state index in [0.717, 1.165) is 12.3 Å². The molecule has 1 heterocycles. The quantitative estimate of drug-likeness (QED) is 0.619. The summed E-state index contributed by atoms with van der Waals surface area (Å²) < 4.78 is 0. The third kappa shape index (κ3) is 3.74. The highest BCUT2D eigenvalue weighted by molar-refractivity contribution is 6.17. The smallest absolute Gasteiger partial charge is 0.0235 e. The van der Waals surface area contributed by atoms with Crippen molar-refractivity contribution in [3.05, 3.63) is 0 Å². The minimum Gasteiger partial charge on any atom is -0.305 e. The molecule has 0 amide bonds. The molecule has 0 aromatic heterocycles. The lowest BCUT2D eigenvalue weighted by molar-refractivity contribution is 0.277. The van der Waals surface area contributed by atoms with E-state index in [1.807, 2.05) is 0 Å². The zero-order valence-corrected chi connectivity index (χ0v) is 8.69. The van der Waals surface area contributed by atoms with Crippen molar-refractivity contribution in [2.75, 3.05) is 45.7 Å². The maximum Gasteiger partial charge on any atom is 0.0235 e. The van der Waals surface area contributed by atoms with Gasteiger partial charge in [0.25, 0.3) is 0 Å². The summed E-state index contributed by atoms with van der Waals surface area (Å²) in [6.45, 7) is 6.10. The van der Waals surface area contributed by atoms with Crippen LogP contribution in [0.5, 0.6) is 0 Å². The number of halogens is 1. The van der Waals surface area contributed by atoms with Crippen molar-refractivity contribution in [2.45, 2.75) is 12.8 Å². The Balaban J connectivity index is 2.17. The fourth-order valence-electron chi connectivity index (χ4n) is 1.61. The summed E-state index contributed by atoms with van der Waals surface area (Å²) in [5.41, 5.74) is 0. The van der Waals surface area contributed by atoms with Crippen LogP contribution in [-0.2, 0) is 0 Å². The summed E-state index contributed by atoms with van der Waals surface area (Å²) in [4.78, 5) is 4.92. The standard InChI is InChI=1S/C9H19ClN2/c1-11-5-3-7-12(9-8-11)6-2-4-10/h2-9H2,1H3. The second-order valence-electron chi connectivity index (χ2n) is 3.54. The zero-order chi connectivity index (χ0) is 8.81. The van der Waals surface area contributed by atoms with Gasteiger partial charge in [0.15, 0.2) is 0 Å². The average molecular weight is 191 g/mol. The third-order valence-corrected chi connectivity index (χ3v) is 2.69. The summed E-state index contributed by atoms with van der Waals surface area (Å²) >= 11 is 5.65. The lowest BCUT2D eigenvalue weighted by atomic mass is 10.3. The van der Waals surface area contributed by atoms with Gasteiger partial charge in [0.05, 0.1) is 0 Å². The van der Waals surface area contributed by atoms with Gasteiger partial charge < -0.3 is 9.80 Å². The molecule has 1 fully saturated rings. The first-order valence-corrected chi connectivity index (χ1v) is 5.33. The Morgan fingerprint density at radius 3 is 2.75 bits per heavy atom. The van der Waals surface area contributed by atoms with Gasteiger partial charge in [-0.2, -0.15) is 0 Å². The van der Waals surface area contributed by atoms with Crippen molar-refractivity contribution in [2.24, 2.45) is 0 Å². The van der Waals surface area contributed by atoms with Gasteiger partial charge in [-0.15, -0.1) is 11.6 Å². The van der Waals surface area contributed by atoms with E-state index in [1.165, 1.54) is 39.1 Å². The van der Waals surface area contributed by atoms with Crippen LogP contribution in [0.4, 0.5) is 0 Å². The molecule has 0 aliphatic carbocycles. The Labute approximate surface area is 80.5 Å². The summed E-state index contributed by atoms with van der Waals surface area (Å²) in [5, 5.41) is 0. The number of likely N-dealkylation sites (N-methyl/N-ethyl adjacent to an activating group) is 1. The number of hydrogen-bond acceptors (Lipinski definition) is 2. The fraction of sp³-hybridized carbons (Fsp3) is 1.00. The van der Waals surface area contributed by atoms with E-state index in [0.29, 0.717) is 0 Å². The van der Waals surface area contributed by atoms with Gasteiger partial charge >= 0.3 is 0 Å². The average Bonchev–Trinajstić information content (AvgIpc) is 2.27. The highest BCUT2D eigenvalue weighted by Gasteiger charge is 2.10. The molecule has 1 saturated heterocycles. The van der Waals surface area contributed by atoms with Crippen molar-refractivity contribution >= 4 is 11.6 Å². The normalized spacial score (nSPS) is 22.5. The summed E-state index contributed by atoms with van der Waals surface area (Å²) in [6, 6.07) is 0. The Morgan fingerprint density at radius 2 is 2.00 bits per heavy atom. The van der Waals surface area contributed by atoms with Gasteiger partial charge in [0.2, 0.25) is 0 Å². The maximum absolute atomic E-state index is 5.65. The van der Waals surface area contributed by atoms with Crippen molar-refractivity contribution in [1.29, 1.82) is 0 Å². The van der Waals surface area contributed by atoms with E-state index in [4.69, 9.17) is 11.6 Å². The van der Waals surface area contributed by atoms with Gasteiger partial charge in [-0.25, -0.2) is 0 Å². The molecule has 3 heteroatoms. The molecule has 0 atom stereocenters. The highest BCUT2D eigenvalue weighted by atomic mass is 35.5. The van der Waals surface area contributed by atoms with Crippen LogP contribution >= 0.6 is 11.6 Å². The van der Waals surface area contributed by atoms with Crippen molar-refractivity contribution in [1.82, 2.24) is 9.80 Å². The van der Waals surface area contributed by atoms with Crippen LogP contribution in [0.2, 0.25) is 0 Å². The maximum atomic E-state index is 5.65. The molecule has 1 rings (SSSR count). The summed E-state index contributed by atoms with van der Waals surface area (Å²) in [6.07, 6.45) is 2.43. The molecular weight excluding hydrogens is 172 g/mol. The summed E-state index contributed by atoms with van der Waals surface area (Å²) in [5.74, 6) is 0.798. The largest absolute Gasteiger partial charge is 0.305 e. The van der Waals surface area contributed by atoms with Gasteiger partial charge in [0.1, 0.15) is 0 Å². The van der Waals surface area contributed by atoms with Crippen LogP contribution in [0.25, 0.3) is 0 Å². The monoisotopic (exact) mass is 190 g/mol. The fourth-order valence-corrected chi connectivity index (χ4v) is 1.73. The first-order chi connectivity index (χ1) is 5.83. The number of hydrogen-bond donors (Lipinski definition) is 0. The number of rotatable bonds is 3. The van der Waals surface area contributed by atoms with E-state index in [2.05, 4.69) is 16.8 Å². The Kier molecular flexibility index (Phi) is 4.96. The topological polar surface area (TPSA) is 6.48 Å². The first-order valence-electron chi connectivity index (χ1n) is 4.80. The molecule has 0 unspecified atom stereocenters. The van der Waals surface area contributed by atoms with Crippen LogP contribution in [0.3, 0.4) is 0 Å². The lowest BCUT2D eigenvalue weighted by Crippen LogP contribution is -2.29. The molecule has 1 aliphatic rings. The molecule has 0 saturated carbocycles. The number of nitrogens with zero attached hydrogens (tertiary/aromatic N) is 2. The van der Waals surface area contributed by atoms with Crippen LogP contribution < -0.4 is 0 Å². The van der Waals surface area contributed by atoms with E-state index in [1.54, 1.807) is 0 Å². The van der Waals surface area contributed by atoms with Crippen LogP contribution in [-0.4, -0.2) is 55.5 Å². The minimum atomic E-state index is 0.798. The second-order valence-corrected chi connectivity index (χ2v) is 3.92. The molecule has 2 nitrogen and oxygen atoms in total. The molecule has 72 valence electrons. The summed E-state index contributed by atoms with van der Waals surface area (Å²) in [7, 11) is 2.20. The Hall–Kier alpha value is 0.210. The van der Waals surface area contributed by atoms with Crippen molar-refractivity contribution in [3.63, 3.8) is 0 Å². The van der Waals surface area contributed by atoms with E-state index >= 15 is 0 Å². The molecule has 12 heavy (non-hydrogen) atoms. The Bertz CT molecular complexity index is 117. The SMILES string of the molecule is CN1CCCN(CCCCl)CC1. The zero-order valence-electron chi connectivity index (χ0n) is 7.93. The highest BCUT2D eigenvalue weighted by Crippen LogP contribution is 2.01. The molecule has 0 bridgehead atoms. The van der Waals surface area contributed by atoms with Crippen LogP contribution in [0, 0.1) is 0 Å². The minimum absolute atomic E-state index is 0.798. The number of alkyl halides is 1. The van der Waals surface area contributed by atoms with Crippen molar-refractivity contribution in [3.8, 4) is 0 Å². The second kappa shape index (κ2) is 5.79. The van der Waals surface area contributed by atoms with Gasteiger partial charge in [-0.1, -0.05) is 0 Å². The molecule has 0 spiro atoms. The predicted octanol–water partition coefficient (Wildman–Crippen LogP) is 1.25. The van der Waals surface area contributed by atoms with E-state index in [9.17, 15) is 0 Å². The third-order valence-electron chi connectivity index (χ3n) is 2.42. The Morgan fingerprint density at radius 1 is 1.17 bits per heavy atom. The molecule has 0 N–H and O–H groups in total. The lowest BCUT2D eigenvalue weighted by Gasteiger charge is -2.18. The molecule has 1 aliphatic heterocycles. The predicted molar refractivity (Wildman–Crippen MR) is 53.9 cm³/mol. The van der Waals surface area contributed by atoms with Gasteiger partial charge in [-0.05, 0) is 39.5 Å². The van der Waals surface area contributed by atoms with E-state index < -0.39 is 0 Å². The van der Waals surface area contributed by atoms with E-state index in [-0.39, 0.29) is 0 Å². The molecule has 0 radical (unpaired) electrons. The van der Waals surface area contributed by atoms with Crippen LogP contribution in [0.1, 0.15) is 12.8 Å². The molecular formula is C9H19ClN2. The van der Waals surface area contributed by atoms with Gasteiger partial charge in [-0.3, -0.25) is 0 Å². The van der Waals surface area contributed by atoms with Crippen molar-refractivity contribution < 1.29 is 0 Å². The molecule has 0 aromatic rings. The first kappa shape index (κ1) is 10.3. The van der Waals surface area contributed by atoms with Crippen LogP contribution in [0.15, 0.2) is 0 Å². The molecule has 0 aromatic carbocycles.